The van der Waals surface area contributed by atoms with Gasteiger partial charge in [0, 0.05) is 26.3 Å². The van der Waals surface area contributed by atoms with Gasteiger partial charge < -0.3 is 4.98 Å². The van der Waals surface area contributed by atoms with E-state index >= 15 is 0 Å². The van der Waals surface area contributed by atoms with E-state index in [9.17, 15) is 0 Å². The predicted octanol–water partition coefficient (Wildman–Crippen LogP) is 8.26. The molecule has 0 fully saturated rings. The molecule has 2 heteroatoms. The van der Waals surface area contributed by atoms with E-state index < -0.39 is 0 Å². The molecule has 2 aliphatic rings. The molecule has 3 aromatic rings. The second-order valence-corrected chi connectivity index (χ2v) is 10.3. The minimum Gasteiger partial charge on any atom is -0.304 e. The molecule has 2 aliphatic carbocycles. The van der Waals surface area contributed by atoms with Gasteiger partial charge in [-0.3, -0.25) is 0 Å². The second-order valence-electron chi connectivity index (χ2n) is 10.3. The molecule has 173 valence electrons. The van der Waals surface area contributed by atoms with Crippen LogP contribution in [-0.2, 0) is 38.4 Å². The van der Waals surface area contributed by atoms with Crippen molar-refractivity contribution in [2.45, 2.75) is 77.6 Å². The maximum Gasteiger partial charge on any atom is 0.0167 e. The van der Waals surface area contributed by atoms with E-state index in [1.165, 1.54) is 64.3 Å². The molecular formula is C31H34IrN-. The third kappa shape index (κ3) is 4.53. The van der Waals surface area contributed by atoms with Crippen LogP contribution in [0.25, 0.3) is 22.0 Å². The van der Waals surface area contributed by atoms with Gasteiger partial charge in [-0.15, -0.1) is 34.9 Å². The van der Waals surface area contributed by atoms with Crippen LogP contribution in [0.5, 0.6) is 0 Å². The summed E-state index contributed by atoms with van der Waals surface area (Å²) in [6.45, 7) is 9.31. The molecule has 0 aliphatic heterocycles. The molecule has 0 unspecified atom stereocenters. The fourth-order valence-electron chi connectivity index (χ4n) is 5.52. The van der Waals surface area contributed by atoms with E-state index in [1.807, 2.05) is 6.20 Å². The fraction of sp³-hybridized carbons (Fsp3) is 0.387. The van der Waals surface area contributed by atoms with E-state index in [4.69, 9.17) is 4.98 Å². The van der Waals surface area contributed by atoms with Gasteiger partial charge in [-0.05, 0) is 83.5 Å². The smallest absolute Gasteiger partial charge is 0.0167 e. The summed E-state index contributed by atoms with van der Waals surface area (Å²) in [6.07, 6.45) is 16.3. The van der Waals surface area contributed by atoms with Crippen molar-refractivity contribution in [1.82, 2.24) is 4.98 Å². The molecule has 0 saturated heterocycles. The van der Waals surface area contributed by atoms with Gasteiger partial charge >= 0.3 is 0 Å². The van der Waals surface area contributed by atoms with Gasteiger partial charge in [0.1, 0.15) is 0 Å². The Balaban J connectivity index is 0.00000259. The van der Waals surface area contributed by atoms with Crippen LogP contribution in [0.3, 0.4) is 0 Å². The fourth-order valence-corrected chi connectivity index (χ4v) is 5.52. The number of aromatic nitrogens is 1. The van der Waals surface area contributed by atoms with E-state index in [2.05, 4.69) is 82.3 Å². The van der Waals surface area contributed by atoms with Gasteiger partial charge in [-0.25, -0.2) is 0 Å². The Hall–Kier alpha value is -2.02. The van der Waals surface area contributed by atoms with Crippen LogP contribution in [0.15, 0.2) is 60.3 Å². The SMILES string of the molecule is CC(C)c1cc(-c2nccc3cc4c(cc23)CCCC4)[c-]cc1C(C)(C)C1=CCCC=C1.[Ir]. The Labute approximate surface area is 212 Å². The summed E-state index contributed by atoms with van der Waals surface area (Å²) >= 11 is 0. The Morgan fingerprint density at radius 1 is 1.00 bits per heavy atom. The minimum absolute atomic E-state index is 0. The molecule has 1 radical (unpaired) electrons. The zero-order chi connectivity index (χ0) is 22.3. The van der Waals surface area contributed by atoms with Crippen molar-refractivity contribution in [3.05, 3.63) is 88.7 Å². The van der Waals surface area contributed by atoms with E-state index in [0.717, 1.165) is 24.1 Å². The second kappa shape index (κ2) is 9.69. The van der Waals surface area contributed by atoms with Gasteiger partial charge in [0.2, 0.25) is 0 Å². The van der Waals surface area contributed by atoms with Crippen LogP contribution in [0.4, 0.5) is 0 Å². The van der Waals surface area contributed by atoms with Gasteiger partial charge in [-0.1, -0.05) is 63.6 Å². The van der Waals surface area contributed by atoms with Gasteiger partial charge in [0.25, 0.3) is 0 Å². The van der Waals surface area contributed by atoms with E-state index in [0.29, 0.717) is 5.92 Å². The summed E-state index contributed by atoms with van der Waals surface area (Å²) in [6, 6.07) is 15.2. The zero-order valence-corrected chi connectivity index (χ0v) is 22.7. The Kier molecular flexibility index (Phi) is 7.08. The number of aryl methyl sites for hydroxylation is 2. The number of hydrogen-bond acceptors (Lipinski definition) is 1. The van der Waals surface area contributed by atoms with Crippen molar-refractivity contribution < 1.29 is 20.1 Å². The molecule has 5 rings (SSSR count). The topological polar surface area (TPSA) is 12.9 Å². The van der Waals surface area contributed by atoms with Crippen LogP contribution in [0, 0.1) is 6.07 Å². The number of benzene rings is 2. The number of hydrogen-bond donors (Lipinski definition) is 0. The normalized spacial score (nSPS) is 15.8. The first-order valence-corrected chi connectivity index (χ1v) is 12.3. The monoisotopic (exact) mass is 613 g/mol. The summed E-state index contributed by atoms with van der Waals surface area (Å²) in [5, 5.41) is 2.57. The maximum atomic E-state index is 4.85. The molecule has 2 aromatic carbocycles. The van der Waals surface area contributed by atoms with Crippen molar-refractivity contribution in [1.29, 1.82) is 0 Å². The van der Waals surface area contributed by atoms with Crippen molar-refractivity contribution in [2.24, 2.45) is 0 Å². The minimum atomic E-state index is -0.0309. The molecule has 1 nitrogen and oxygen atoms in total. The summed E-state index contributed by atoms with van der Waals surface area (Å²) in [4.78, 5) is 4.85. The average molecular weight is 613 g/mol. The number of nitrogens with zero attached hydrogens (tertiary/aromatic N) is 1. The molecule has 0 saturated carbocycles. The van der Waals surface area contributed by atoms with Crippen LogP contribution < -0.4 is 0 Å². The quantitative estimate of drug-likeness (QED) is 0.271. The van der Waals surface area contributed by atoms with Gasteiger partial charge in [0.05, 0.1) is 0 Å². The van der Waals surface area contributed by atoms with E-state index in [-0.39, 0.29) is 25.5 Å². The largest absolute Gasteiger partial charge is 0.304 e. The predicted molar refractivity (Wildman–Crippen MR) is 136 cm³/mol. The first kappa shape index (κ1) is 24.1. The standard InChI is InChI=1S/C31H34N.Ir/c1-21(2)27-20-25(14-15-29(27)31(3,4)26-12-6-5-7-13-26)30-28-19-23-11-9-8-10-22(23)18-24(28)16-17-32-30;/h6,12-13,15-21H,5,7-11H2,1-4H3;/q-1;. The van der Waals surface area contributed by atoms with Gasteiger partial charge in [-0.2, -0.15) is 0 Å². The summed E-state index contributed by atoms with van der Waals surface area (Å²) in [7, 11) is 0. The van der Waals surface area contributed by atoms with Crippen LogP contribution in [0.2, 0.25) is 0 Å². The Bertz CT molecular complexity index is 1230. The van der Waals surface area contributed by atoms with Crippen molar-refractivity contribution in [3.63, 3.8) is 0 Å². The molecule has 0 amide bonds. The number of rotatable bonds is 4. The first-order chi connectivity index (χ1) is 15.4. The van der Waals surface area contributed by atoms with Gasteiger partial charge in [0.15, 0.2) is 0 Å². The molecule has 0 atom stereocenters. The number of allylic oxidation sites excluding steroid dienone is 4. The van der Waals surface area contributed by atoms with Crippen LogP contribution >= 0.6 is 0 Å². The zero-order valence-electron chi connectivity index (χ0n) is 20.3. The van der Waals surface area contributed by atoms with Crippen LogP contribution in [0.1, 0.15) is 81.5 Å². The van der Waals surface area contributed by atoms with Crippen molar-refractivity contribution >= 4 is 10.8 Å². The molecule has 33 heavy (non-hydrogen) atoms. The first-order valence-electron chi connectivity index (χ1n) is 12.3. The molecular weight excluding hydrogens is 579 g/mol. The maximum absolute atomic E-state index is 4.85. The molecule has 1 aromatic heterocycles. The summed E-state index contributed by atoms with van der Waals surface area (Å²) in [5.74, 6) is 0.438. The Morgan fingerprint density at radius 2 is 1.76 bits per heavy atom. The Morgan fingerprint density at radius 3 is 2.45 bits per heavy atom. The molecule has 0 bridgehead atoms. The third-order valence-electron chi connectivity index (χ3n) is 7.48. The average Bonchev–Trinajstić information content (AvgIpc) is 2.82. The molecule has 0 N–H and O–H groups in total. The van der Waals surface area contributed by atoms with Crippen molar-refractivity contribution in [2.75, 3.05) is 0 Å². The van der Waals surface area contributed by atoms with Crippen LogP contribution in [-0.4, -0.2) is 4.98 Å². The summed E-state index contributed by atoms with van der Waals surface area (Å²) in [5.41, 5.74) is 9.39. The number of fused-ring (bicyclic) bond motifs is 2. The number of pyridine rings is 1. The van der Waals surface area contributed by atoms with Crippen molar-refractivity contribution in [3.8, 4) is 11.3 Å². The summed E-state index contributed by atoms with van der Waals surface area (Å²) < 4.78 is 0. The molecule has 0 spiro atoms. The van der Waals surface area contributed by atoms with E-state index in [1.54, 1.807) is 0 Å². The third-order valence-corrected chi connectivity index (χ3v) is 7.48. The molecule has 1 heterocycles.